The van der Waals surface area contributed by atoms with Gasteiger partial charge in [0.1, 0.15) is 5.01 Å². The molecule has 7 nitrogen and oxygen atoms in total. The number of nitro groups is 1. The maximum Gasteiger partial charge on any atom is 0.281 e. The highest BCUT2D eigenvalue weighted by Gasteiger charge is 2.19. The SMILES string of the molecule is COCCNCc1nnc(-c2ccc(Cl)cc2[N+](=O)[O-])s1. The topological polar surface area (TPSA) is 90.2 Å². The third-order valence-electron chi connectivity index (χ3n) is 2.61. The van der Waals surface area contributed by atoms with Crippen LogP contribution in [0.2, 0.25) is 5.02 Å². The van der Waals surface area contributed by atoms with Gasteiger partial charge >= 0.3 is 0 Å². The summed E-state index contributed by atoms with van der Waals surface area (Å²) in [5.74, 6) is 0. The van der Waals surface area contributed by atoms with Gasteiger partial charge in [-0.05, 0) is 12.1 Å². The Morgan fingerprint density at radius 1 is 1.48 bits per heavy atom. The van der Waals surface area contributed by atoms with E-state index in [1.807, 2.05) is 0 Å². The van der Waals surface area contributed by atoms with Gasteiger partial charge in [-0.25, -0.2) is 0 Å². The molecule has 0 saturated heterocycles. The lowest BCUT2D eigenvalue weighted by Gasteiger charge is -2.00. The Kier molecular flexibility index (Phi) is 5.57. The average molecular weight is 329 g/mol. The number of methoxy groups -OCH3 is 1. The molecular formula is C12H13ClN4O3S. The van der Waals surface area contributed by atoms with Crippen molar-refractivity contribution < 1.29 is 9.66 Å². The van der Waals surface area contributed by atoms with Crippen LogP contribution < -0.4 is 5.32 Å². The van der Waals surface area contributed by atoms with Gasteiger partial charge in [0.2, 0.25) is 0 Å². The summed E-state index contributed by atoms with van der Waals surface area (Å²) in [5, 5.41) is 23.8. The number of benzene rings is 1. The van der Waals surface area contributed by atoms with Gasteiger partial charge < -0.3 is 10.1 Å². The molecule has 0 saturated carbocycles. The largest absolute Gasteiger partial charge is 0.383 e. The van der Waals surface area contributed by atoms with Crippen molar-refractivity contribution in [1.82, 2.24) is 15.5 Å². The van der Waals surface area contributed by atoms with Gasteiger partial charge in [-0.15, -0.1) is 10.2 Å². The van der Waals surface area contributed by atoms with Crippen molar-refractivity contribution >= 4 is 28.6 Å². The minimum Gasteiger partial charge on any atom is -0.383 e. The zero-order chi connectivity index (χ0) is 15.2. The fraction of sp³-hybridized carbons (Fsp3) is 0.333. The van der Waals surface area contributed by atoms with Gasteiger partial charge in [0.05, 0.1) is 17.1 Å². The second-order valence-electron chi connectivity index (χ2n) is 4.09. The van der Waals surface area contributed by atoms with Gasteiger partial charge in [-0.2, -0.15) is 0 Å². The molecule has 1 heterocycles. The molecule has 0 aliphatic carbocycles. The van der Waals surface area contributed by atoms with Gasteiger partial charge in [-0.1, -0.05) is 22.9 Å². The highest BCUT2D eigenvalue weighted by Crippen LogP contribution is 2.33. The van der Waals surface area contributed by atoms with E-state index in [9.17, 15) is 10.1 Å². The minimum absolute atomic E-state index is 0.0717. The Morgan fingerprint density at radius 2 is 2.29 bits per heavy atom. The second kappa shape index (κ2) is 7.41. The lowest BCUT2D eigenvalue weighted by atomic mass is 10.2. The van der Waals surface area contributed by atoms with Crippen molar-refractivity contribution in [1.29, 1.82) is 0 Å². The Hall–Kier alpha value is -1.61. The van der Waals surface area contributed by atoms with Gasteiger partial charge in [0, 0.05) is 31.3 Å². The van der Waals surface area contributed by atoms with E-state index in [0.29, 0.717) is 35.3 Å². The van der Waals surface area contributed by atoms with Crippen LogP contribution in [0.3, 0.4) is 0 Å². The van der Waals surface area contributed by atoms with Crippen LogP contribution in [0.25, 0.3) is 10.6 Å². The van der Waals surface area contributed by atoms with E-state index in [1.165, 1.54) is 17.4 Å². The quantitative estimate of drug-likeness (QED) is 0.477. The summed E-state index contributed by atoms with van der Waals surface area (Å²) in [6, 6.07) is 4.50. The van der Waals surface area contributed by atoms with Crippen LogP contribution in [0.15, 0.2) is 18.2 Å². The first kappa shape index (κ1) is 15.8. The minimum atomic E-state index is -0.473. The fourth-order valence-corrected chi connectivity index (χ4v) is 2.65. The number of hydrogen-bond acceptors (Lipinski definition) is 7. The summed E-state index contributed by atoms with van der Waals surface area (Å²) in [4.78, 5) is 10.6. The summed E-state index contributed by atoms with van der Waals surface area (Å²) in [6.07, 6.45) is 0. The van der Waals surface area contributed by atoms with Gasteiger partial charge in [0.25, 0.3) is 5.69 Å². The van der Waals surface area contributed by atoms with E-state index in [-0.39, 0.29) is 5.69 Å². The molecule has 9 heteroatoms. The third kappa shape index (κ3) is 4.18. The fourth-order valence-electron chi connectivity index (χ4n) is 1.64. The molecule has 0 spiro atoms. The van der Waals surface area contributed by atoms with Crippen LogP contribution >= 0.6 is 22.9 Å². The van der Waals surface area contributed by atoms with Crippen LogP contribution in [-0.4, -0.2) is 35.4 Å². The van der Waals surface area contributed by atoms with Crippen LogP contribution in [0, 0.1) is 10.1 Å². The molecule has 21 heavy (non-hydrogen) atoms. The number of nitrogens with zero attached hydrogens (tertiary/aromatic N) is 3. The Labute approximate surface area is 130 Å². The Balaban J connectivity index is 2.16. The van der Waals surface area contributed by atoms with E-state index < -0.39 is 4.92 Å². The molecule has 0 fully saturated rings. The summed E-state index contributed by atoms with van der Waals surface area (Å²) < 4.78 is 4.92. The molecule has 0 atom stereocenters. The zero-order valence-electron chi connectivity index (χ0n) is 11.2. The molecule has 2 rings (SSSR count). The van der Waals surface area contributed by atoms with Crippen molar-refractivity contribution in [3.63, 3.8) is 0 Å². The lowest BCUT2D eigenvalue weighted by molar-refractivity contribution is -0.384. The number of halogens is 1. The normalized spacial score (nSPS) is 10.8. The first-order chi connectivity index (χ1) is 10.1. The van der Waals surface area contributed by atoms with Gasteiger partial charge in [-0.3, -0.25) is 10.1 Å². The maximum absolute atomic E-state index is 11.1. The summed E-state index contributed by atoms with van der Waals surface area (Å²) >= 11 is 7.10. The standard InChI is InChI=1S/C12H13ClN4O3S/c1-20-5-4-14-7-11-15-16-12(21-11)9-3-2-8(13)6-10(9)17(18)19/h2-3,6,14H,4-5,7H2,1H3. The summed E-state index contributed by atoms with van der Waals surface area (Å²) in [7, 11) is 1.63. The zero-order valence-corrected chi connectivity index (χ0v) is 12.8. The maximum atomic E-state index is 11.1. The predicted octanol–water partition coefficient (Wildman–Crippen LogP) is 2.50. The molecule has 0 radical (unpaired) electrons. The van der Waals surface area contributed by atoms with Crippen molar-refractivity contribution in [2.45, 2.75) is 6.54 Å². The molecule has 1 aromatic heterocycles. The van der Waals surface area contributed by atoms with Crippen LogP contribution in [0.1, 0.15) is 5.01 Å². The highest BCUT2D eigenvalue weighted by molar-refractivity contribution is 7.14. The molecule has 0 amide bonds. The van der Waals surface area contributed by atoms with Crippen LogP contribution in [0.4, 0.5) is 5.69 Å². The number of nitro benzene ring substituents is 1. The molecule has 0 aliphatic heterocycles. The molecule has 112 valence electrons. The van der Waals surface area contributed by atoms with E-state index in [1.54, 1.807) is 19.2 Å². The Morgan fingerprint density at radius 3 is 3.00 bits per heavy atom. The molecule has 2 aromatic rings. The molecule has 1 N–H and O–H groups in total. The predicted molar refractivity (Wildman–Crippen MR) is 80.6 cm³/mol. The average Bonchev–Trinajstić information content (AvgIpc) is 2.92. The summed E-state index contributed by atoms with van der Waals surface area (Å²) in [6.45, 7) is 1.85. The highest BCUT2D eigenvalue weighted by atomic mass is 35.5. The third-order valence-corrected chi connectivity index (χ3v) is 3.80. The monoisotopic (exact) mass is 328 g/mol. The number of ether oxygens (including phenoxy) is 1. The number of rotatable bonds is 7. The smallest absolute Gasteiger partial charge is 0.281 e. The van der Waals surface area contributed by atoms with Crippen molar-refractivity contribution in [3.8, 4) is 10.6 Å². The molecule has 1 aromatic carbocycles. The van der Waals surface area contributed by atoms with Crippen LogP contribution in [-0.2, 0) is 11.3 Å². The molecule has 0 bridgehead atoms. The van der Waals surface area contributed by atoms with Crippen molar-refractivity contribution in [2.24, 2.45) is 0 Å². The molecule has 0 unspecified atom stereocenters. The first-order valence-electron chi connectivity index (χ1n) is 6.08. The number of nitrogens with one attached hydrogen (secondary N) is 1. The van der Waals surface area contributed by atoms with Gasteiger partial charge in [0.15, 0.2) is 5.01 Å². The van der Waals surface area contributed by atoms with Crippen molar-refractivity contribution in [2.75, 3.05) is 20.3 Å². The molecule has 0 aliphatic rings. The van der Waals surface area contributed by atoms with E-state index in [4.69, 9.17) is 16.3 Å². The second-order valence-corrected chi connectivity index (χ2v) is 5.59. The van der Waals surface area contributed by atoms with E-state index in [2.05, 4.69) is 15.5 Å². The van der Waals surface area contributed by atoms with Crippen LogP contribution in [0.5, 0.6) is 0 Å². The first-order valence-corrected chi connectivity index (χ1v) is 7.27. The number of aromatic nitrogens is 2. The van der Waals surface area contributed by atoms with E-state index >= 15 is 0 Å². The molecular weight excluding hydrogens is 316 g/mol. The van der Waals surface area contributed by atoms with Crippen molar-refractivity contribution in [3.05, 3.63) is 38.3 Å². The number of hydrogen-bond donors (Lipinski definition) is 1. The van der Waals surface area contributed by atoms with E-state index in [0.717, 1.165) is 5.01 Å². The summed E-state index contributed by atoms with van der Waals surface area (Å²) in [5.41, 5.74) is 0.350. The lowest BCUT2D eigenvalue weighted by Crippen LogP contribution is -2.18. The Bertz CT molecular complexity index is 635.